The van der Waals surface area contributed by atoms with E-state index < -0.39 is 0 Å². The third-order valence-electron chi connectivity index (χ3n) is 4.20. The molecule has 0 radical (unpaired) electrons. The van der Waals surface area contributed by atoms with Gasteiger partial charge in [-0.3, -0.25) is 4.79 Å². The van der Waals surface area contributed by atoms with Crippen molar-refractivity contribution in [2.75, 3.05) is 35.5 Å². The first-order chi connectivity index (χ1) is 13.0. The van der Waals surface area contributed by atoms with E-state index in [1.807, 2.05) is 0 Å². The van der Waals surface area contributed by atoms with Crippen LogP contribution in [0.5, 0.6) is 34.5 Å². The molecule has 0 bridgehead atoms. The zero-order valence-corrected chi connectivity index (χ0v) is 16.1. The van der Waals surface area contributed by atoms with Crippen LogP contribution in [-0.4, -0.2) is 46.4 Å². The topological polar surface area (TPSA) is 83.5 Å². The zero-order chi connectivity index (χ0) is 20.0. The lowest BCUT2D eigenvalue weighted by atomic mass is 10.00. The minimum atomic E-state index is -0.134. The van der Waals surface area contributed by atoms with Gasteiger partial charge in [0.15, 0.2) is 17.3 Å². The molecule has 0 saturated heterocycles. The highest BCUT2D eigenvalue weighted by Gasteiger charge is 2.21. The molecular formula is C20H24O7. The summed E-state index contributed by atoms with van der Waals surface area (Å²) in [5.41, 5.74) is 1.09. The van der Waals surface area contributed by atoms with E-state index in [0.29, 0.717) is 46.3 Å². The average molecular weight is 376 g/mol. The van der Waals surface area contributed by atoms with Crippen molar-refractivity contribution in [3.63, 3.8) is 0 Å². The number of phenols is 1. The maximum absolute atomic E-state index is 12.8. The number of carbonyl (C=O) groups is 1. The molecule has 0 aliphatic heterocycles. The Bertz CT molecular complexity index is 789. The fraction of sp³-hybridized carbons (Fsp3) is 0.350. The van der Waals surface area contributed by atoms with Gasteiger partial charge in [0.2, 0.25) is 5.75 Å². The van der Waals surface area contributed by atoms with Crippen LogP contribution in [-0.2, 0) is 6.42 Å². The molecule has 7 heteroatoms. The normalized spacial score (nSPS) is 10.3. The average Bonchev–Trinajstić information content (AvgIpc) is 2.70. The summed E-state index contributed by atoms with van der Waals surface area (Å²) in [5.74, 6) is 1.98. The molecule has 0 unspecified atom stereocenters. The molecule has 27 heavy (non-hydrogen) atoms. The minimum Gasteiger partial charge on any atom is -0.508 e. The monoisotopic (exact) mass is 376 g/mol. The predicted molar refractivity (Wildman–Crippen MR) is 100.0 cm³/mol. The van der Waals surface area contributed by atoms with Gasteiger partial charge in [-0.05, 0) is 18.6 Å². The highest BCUT2D eigenvalue weighted by atomic mass is 16.5. The number of ether oxygens (including phenoxy) is 5. The van der Waals surface area contributed by atoms with Gasteiger partial charge in [0.25, 0.3) is 0 Å². The maximum Gasteiger partial charge on any atom is 0.204 e. The molecule has 0 aliphatic carbocycles. The van der Waals surface area contributed by atoms with Crippen molar-refractivity contribution in [1.82, 2.24) is 0 Å². The van der Waals surface area contributed by atoms with Crippen molar-refractivity contribution in [1.29, 1.82) is 0 Å². The Hall–Kier alpha value is -3.09. The van der Waals surface area contributed by atoms with E-state index in [1.54, 1.807) is 12.1 Å². The Morgan fingerprint density at radius 2 is 1.37 bits per heavy atom. The molecule has 0 saturated carbocycles. The summed E-state index contributed by atoms with van der Waals surface area (Å²) < 4.78 is 26.6. The lowest BCUT2D eigenvalue weighted by Crippen LogP contribution is -2.07. The van der Waals surface area contributed by atoms with Crippen molar-refractivity contribution >= 4 is 5.78 Å². The summed E-state index contributed by atoms with van der Waals surface area (Å²) in [4.78, 5) is 12.8. The Morgan fingerprint density at radius 3 is 1.85 bits per heavy atom. The standard InChI is InChI=1S/C20H24O7/c1-23-16-9-7-13(19(26-4)20(16)27-5)15(22)8-6-14-17(24-2)10-12(21)11-18(14)25-3/h7,9-11,21H,6,8H2,1-5H3. The molecule has 1 N–H and O–H groups in total. The van der Waals surface area contributed by atoms with Crippen LogP contribution in [0.1, 0.15) is 22.3 Å². The molecule has 2 rings (SSSR count). The van der Waals surface area contributed by atoms with Gasteiger partial charge in [0.05, 0.1) is 41.1 Å². The predicted octanol–water partition coefficient (Wildman–Crippen LogP) is 3.25. The molecule has 146 valence electrons. The van der Waals surface area contributed by atoms with Crippen LogP contribution >= 0.6 is 0 Å². The van der Waals surface area contributed by atoms with E-state index in [9.17, 15) is 9.90 Å². The van der Waals surface area contributed by atoms with Crippen LogP contribution in [0.3, 0.4) is 0 Å². The molecule has 0 spiro atoms. The van der Waals surface area contributed by atoms with Gasteiger partial charge in [-0.15, -0.1) is 0 Å². The summed E-state index contributed by atoms with van der Waals surface area (Å²) in [5, 5.41) is 9.74. The van der Waals surface area contributed by atoms with Gasteiger partial charge < -0.3 is 28.8 Å². The van der Waals surface area contributed by atoms with Crippen LogP contribution in [0, 0.1) is 0 Å². The highest BCUT2D eigenvalue weighted by molar-refractivity contribution is 6.00. The quantitative estimate of drug-likeness (QED) is 0.673. The van der Waals surface area contributed by atoms with Gasteiger partial charge in [-0.25, -0.2) is 0 Å². The largest absolute Gasteiger partial charge is 0.508 e. The first kappa shape index (κ1) is 20.2. The van der Waals surface area contributed by atoms with Crippen molar-refractivity contribution < 1.29 is 33.6 Å². The first-order valence-corrected chi connectivity index (χ1v) is 8.26. The second kappa shape index (κ2) is 9.02. The summed E-state index contributed by atoms with van der Waals surface area (Å²) in [7, 11) is 7.47. The van der Waals surface area contributed by atoms with Gasteiger partial charge >= 0.3 is 0 Å². The number of aromatic hydroxyl groups is 1. The van der Waals surface area contributed by atoms with Gasteiger partial charge in [0, 0.05) is 24.1 Å². The molecule has 0 fully saturated rings. The number of methoxy groups -OCH3 is 5. The van der Waals surface area contributed by atoms with Crippen LogP contribution in [0.2, 0.25) is 0 Å². The third-order valence-corrected chi connectivity index (χ3v) is 4.20. The highest BCUT2D eigenvalue weighted by Crippen LogP contribution is 2.41. The summed E-state index contributed by atoms with van der Waals surface area (Å²) >= 11 is 0. The Labute approximate surface area is 158 Å². The third kappa shape index (κ3) is 4.19. The molecule has 2 aromatic rings. The lowest BCUT2D eigenvalue weighted by molar-refractivity contribution is 0.0979. The number of rotatable bonds is 9. The minimum absolute atomic E-state index is 0.0281. The number of phenolic OH excluding ortho intramolecular Hbond substituents is 1. The Morgan fingerprint density at radius 1 is 0.815 bits per heavy atom. The number of benzene rings is 2. The van der Waals surface area contributed by atoms with Gasteiger partial charge in [0.1, 0.15) is 17.2 Å². The number of Topliss-reactive ketones (excluding diaryl/α,β-unsaturated/α-hetero) is 1. The van der Waals surface area contributed by atoms with Crippen molar-refractivity contribution in [2.24, 2.45) is 0 Å². The molecule has 0 aromatic heterocycles. The van der Waals surface area contributed by atoms with E-state index in [-0.39, 0.29) is 18.0 Å². The Balaban J connectivity index is 2.32. The number of hydrogen-bond donors (Lipinski definition) is 1. The van der Waals surface area contributed by atoms with Gasteiger partial charge in [-0.2, -0.15) is 0 Å². The van der Waals surface area contributed by atoms with E-state index in [0.717, 1.165) is 0 Å². The molecule has 2 aromatic carbocycles. The molecular weight excluding hydrogens is 352 g/mol. The molecule has 0 amide bonds. The van der Waals surface area contributed by atoms with Crippen LogP contribution in [0.4, 0.5) is 0 Å². The lowest BCUT2D eigenvalue weighted by Gasteiger charge is -2.16. The summed E-state index contributed by atoms with van der Waals surface area (Å²) in [6.07, 6.45) is 0.548. The Kier molecular flexibility index (Phi) is 6.76. The van der Waals surface area contributed by atoms with Gasteiger partial charge in [-0.1, -0.05) is 0 Å². The van der Waals surface area contributed by atoms with Crippen molar-refractivity contribution in [3.8, 4) is 34.5 Å². The molecule has 0 atom stereocenters. The fourth-order valence-electron chi connectivity index (χ4n) is 2.91. The van der Waals surface area contributed by atoms with Crippen LogP contribution in [0.15, 0.2) is 24.3 Å². The van der Waals surface area contributed by atoms with Crippen molar-refractivity contribution in [2.45, 2.75) is 12.8 Å². The van der Waals surface area contributed by atoms with Crippen LogP contribution in [0.25, 0.3) is 0 Å². The first-order valence-electron chi connectivity index (χ1n) is 8.26. The van der Waals surface area contributed by atoms with E-state index in [2.05, 4.69) is 0 Å². The number of carbonyl (C=O) groups excluding carboxylic acids is 1. The van der Waals surface area contributed by atoms with Crippen LogP contribution < -0.4 is 23.7 Å². The fourth-order valence-corrected chi connectivity index (χ4v) is 2.91. The molecule has 7 nitrogen and oxygen atoms in total. The molecule has 0 aliphatic rings. The zero-order valence-electron chi connectivity index (χ0n) is 16.1. The summed E-state index contributed by atoms with van der Waals surface area (Å²) in [6.45, 7) is 0. The summed E-state index contributed by atoms with van der Waals surface area (Å²) in [6, 6.07) is 6.28. The second-order valence-electron chi connectivity index (χ2n) is 5.63. The SMILES string of the molecule is COc1cc(O)cc(OC)c1CCC(=O)c1ccc(OC)c(OC)c1OC. The van der Waals surface area contributed by atoms with E-state index in [1.165, 1.54) is 47.7 Å². The second-order valence-corrected chi connectivity index (χ2v) is 5.63. The van der Waals surface area contributed by atoms with E-state index >= 15 is 0 Å². The molecule has 0 heterocycles. The number of ketones is 1. The smallest absolute Gasteiger partial charge is 0.204 e. The maximum atomic E-state index is 12.8. The number of hydrogen-bond acceptors (Lipinski definition) is 7. The van der Waals surface area contributed by atoms with E-state index in [4.69, 9.17) is 23.7 Å². The van der Waals surface area contributed by atoms with Crippen molar-refractivity contribution in [3.05, 3.63) is 35.4 Å².